The summed E-state index contributed by atoms with van der Waals surface area (Å²) in [7, 11) is 3.59. The molecule has 0 saturated heterocycles. The molecule has 0 unspecified atom stereocenters. The molecule has 1 aromatic rings. The smallest absolute Gasteiger partial charge is 0.242 e. The van der Waals surface area contributed by atoms with Gasteiger partial charge in [0.1, 0.15) is 0 Å². The normalized spacial score (nSPS) is 10.6. The van der Waals surface area contributed by atoms with Crippen LogP contribution >= 0.6 is 0 Å². The number of hydrogen-bond acceptors (Lipinski definition) is 3. The van der Waals surface area contributed by atoms with Gasteiger partial charge in [0, 0.05) is 26.7 Å². The van der Waals surface area contributed by atoms with Crippen molar-refractivity contribution in [1.29, 1.82) is 0 Å². The molecule has 22 heavy (non-hydrogen) atoms. The Labute approximate surface area is 133 Å². The third-order valence-electron chi connectivity index (χ3n) is 3.61. The lowest BCUT2D eigenvalue weighted by molar-refractivity contribution is -0.139. The standard InChI is InChI=1S/C17H27N3O2/c1-5-20(6-2)17(22)14-19(4)16(21)13-18(3)12-15-10-8-7-9-11-15/h7-11H,5-6,12-14H2,1-4H3. The Balaban J connectivity index is 2.45. The minimum Gasteiger partial charge on any atom is -0.342 e. The van der Waals surface area contributed by atoms with Crippen molar-refractivity contribution in [2.45, 2.75) is 20.4 Å². The van der Waals surface area contributed by atoms with Gasteiger partial charge < -0.3 is 9.80 Å². The Hall–Kier alpha value is -1.88. The molecule has 0 heterocycles. The van der Waals surface area contributed by atoms with Gasteiger partial charge in [-0.05, 0) is 26.5 Å². The van der Waals surface area contributed by atoms with Crippen molar-refractivity contribution >= 4 is 11.8 Å². The van der Waals surface area contributed by atoms with Crippen LogP contribution in [0.15, 0.2) is 30.3 Å². The molecule has 0 aliphatic carbocycles. The molecule has 2 amide bonds. The van der Waals surface area contributed by atoms with Gasteiger partial charge in [-0.25, -0.2) is 0 Å². The van der Waals surface area contributed by atoms with Crippen LogP contribution in [-0.2, 0) is 16.1 Å². The van der Waals surface area contributed by atoms with Gasteiger partial charge in [-0.2, -0.15) is 0 Å². The van der Waals surface area contributed by atoms with E-state index in [1.807, 2.05) is 56.1 Å². The molecule has 0 fully saturated rings. The first-order valence-corrected chi connectivity index (χ1v) is 7.72. The van der Waals surface area contributed by atoms with Crippen molar-refractivity contribution in [3.05, 3.63) is 35.9 Å². The largest absolute Gasteiger partial charge is 0.342 e. The topological polar surface area (TPSA) is 43.9 Å². The Morgan fingerprint density at radius 1 is 0.909 bits per heavy atom. The third kappa shape index (κ3) is 5.85. The SMILES string of the molecule is CCN(CC)C(=O)CN(C)C(=O)CN(C)Cc1ccccc1. The van der Waals surface area contributed by atoms with Crippen LogP contribution in [0.3, 0.4) is 0 Å². The summed E-state index contributed by atoms with van der Waals surface area (Å²) >= 11 is 0. The van der Waals surface area contributed by atoms with E-state index in [1.165, 1.54) is 10.5 Å². The molecule has 0 aromatic heterocycles. The number of benzene rings is 1. The molecule has 0 atom stereocenters. The van der Waals surface area contributed by atoms with E-state index >= 15 is 0 Å². The second kappa shape index (κ2) is 9.20. The average Bonchev–Trinajstić information content (AvgIpc) is 2.49. The van der Waals surface area contributed by atoms with E-state index in [0.717, 1.165) is 0 Å². The van der Waals surface area contributed by atoms with Crippen molar-refractivity contribution in [3.8, 4) is 0 Å². The number of carbonyl (C=O) groups is 2. The monoisotopic (exact) mass is 305 g/mol. The van der Waals surface area contributed by atoms with E-state index in [4.69, 9.17) is 0 Å². The van der Waals surface area contributed by atoms with Crippen LogP contribution in [0.4, 0.5) is 0 Å². The van der Waals surface area contributed by atoms with Crippen LogP contribution in [0.2, 0.25) is 0 Å². The highest BCUT2D eigenvalue weighted by Crippen LogP contribution is 2.03. The summed E-state index contributed by atoms with van der Waals surface area (Å²) in [5.74, 6) is -0.0505. The molecule has 0 N–H and O–H groups in total. The maximum absolute atomic E-state index is 12.2. The third-order valence-corrected chi connectivity index (χ3v) is 3.61. The maximum atomic E-state index is 12.2. The molecule has 0 radical (unpaired) electrons. The van der Waals surface area contributed by atoms with Gasteiger partial charge in [0.15, 0.2) is 0 Å². The Morgan fingerprint density at radius 3 is 2.05 bits per heavy atom. The molecule has 5 heteroatoms. The fraction of sp³-hybridized carbons (Fsp3) is 0.529. The number of nitrogens with zero attached hydrogens (tertiary/aromatic N) is 3. The molecule has 5 nitrogen and oxygen atoms in total. The van der Waals surface area contributed by atoms with Crippen LogP contribution in [0.5, 0.6) is 0 Å². The fourth-order valence-electron chi connectivity index (χ4n) is 2.27. The molecule has 1 rings (SSSR count). The summed E-state index contributed by atoms with van der Waals surface area (Å²) in [4.78, 5) is 29.4. The van der Waals surface area contributed by atoms with Gasteiger partial charge in [0.2, 0.25) is 11.8 Å². The number of likely N-dealkylation sites (N-methyl/N-ethyl adjacent to an activating group) is 3. The molecular weight excluding hydrogens is 278 g/mol. The second-order valence-electron chi connectivity index (χ2n) is 5.47. The van der Waals surface area contributed by atoms with Gasteiger partial charge >= 0.3 is 0 Å². The lowest BCUT2D eigenvalue weighted by Gasteiger charge is -2.25. The summed E-state index contributed by atoms with van der Waals surface area (Å²) < 4.78 is 0. The first-order chi connectivity index (χ1) is 10.5. The number of hydrogen-bond donors (Lipinski definition) is 0. The van der Waals surface area contributed by atoms with Gasteiger partial charge in [-0.3, -0.25) is 14.5 Å². The zero-order valence-electron chi connectivity index (χ0n) is 14.1. The molecule has 0 saturated carbocycles. The summed E-state index contributed by atoms with van der Waals surface area (Å²) in [6.07, 6.45) is 0. The molecule has 0 spiro atoms. The highest BCUT2D eigenvalue weighted by atomic mass is 16.2. The lowest BCUT2D eigenvalue weighted by Crippen LogP contribution is -2.43. The van der Waals surface area contributed by atoms with Crippen molar-refractivity contribution in [2.24, 2.45) is 0 Å². The molecule has 0 aliphatic rings. The molecule has 0 aliphatic heterocycles. The molecule has 1 aromatic carbocycles. The van der Waals surface area contributed by atoms with Gasteiger partial charge in [0.05, 0.1) is 13.1 Å². The second-order valence-corrected chi connectivity index (χ2v) is 5.47. The van der Waals surface area contributed by atoms with Gasteiger partial charge in [0.25, 0.3) is 0 Å². The fourth-order valence-corrected chi connectivity index (χ4v) is 2.27. The first-order valence-electron chi connectivity index (χ1n) is 7.72. The van der Waals surface area contributed by atoms with Crippen LogP contribution < -0.4 is 0 Å². The van der Waals surface area contributed by atoms with Crippen LogP contribution in [0, 0.1) is 0 Å². The summed E-state index contributed by atoms with van der Waals surface area (Å²) in [5, 5.41) is 0. The first kappa shape index (κ1) is 18.2. The van der Waals surface area contributed by atoms with Crippen molar-refractivity contribution in [1.82, 2.24) is 14.7 Å². The number of amides is 2. The minimum absolute atomic E-state index is 0.00781. The summed E-state index contributed by atoms with van der Waals surface area (Å²) in [6, 6.07) is 10.0. The molecule has 0 bridgehead atoms. The van der Waals surface area contributed by atoms with E-state index in [0.29, 0.717) is 26.2 Å². The summed E-state index contributed by atoms with van der Waals surface area (Å²) in [6.45, 7) is 6.38. The average molecular weight is 305 g/mol. The molecular formula is C17H27N3O2. The molecule has 122 valence electrons. The van der Waals surface area contributed by atoms with Gasteiger partial charge in [-0.15, -0.1) is 0 Å². The number of carbonyl (C=O) groups excluding carboxylic acids is 2. The van der Waals surface area contributed by atoms with Crippen molar-refractivity contribution < 1.29 is 9.59 Å². The Bertz CT molecular complexity index is 472. The van der Waals surface area contributed by atoms with Crippen molar-refractivity contribution in [3.63, 3.8) is 0 Å². The van der Waals surface area contributed by atoms with Crippen LogP contribution in [0.1, 0.15) is 19.4 Å². The van der Waals surface area contributed by atoms with E-state index in [2.05, 4.69) is 0 Å². The van der Waals surface area contributed by atoms with Crippen LogP contribution in [0.25, 0.3) is 0 Å². The highest BCUT2D eigenvalue weighted by Gasteiger charge is 2.17. The van der Waals surface area contributed by atoms with E-state index in [-0.39, 0.29) is 18.4 Å². The number of rotatable bonds is 8. The lowest BCUT2D eigenvalue weighted by atomic mass is 10.2. The zero-order chi connectivity index (χ0) is 16.5. The van der Waals surface area contributed by atoms with E-state index in [9.17, 15) is 9.59 Å². The highest BCUT2D eigenvalue weighted by molar-refractivity contribution is 5.85. The predicted molar refractivity (Wildman–Crippen MR) is 88.3 cm³/mol. The van der Waals surface area contributed by atoms with Crippen molar-refractivity contribution in [2.75, 3.05) is 40.3 Å². The van der Waals surface area contributed by atoms with Crippen LogP contribution in [-0.4, -0.2) is 66.8 Å². The maximum Gasteiger partial charge on any atom is 0.242 e. The van der Waals surface area contributed by atoms with Gasteiger partial charge in [-0.1, -0.05) is 30.3 Å². The summed E-state index contributed by atoms with van der Waals surface area (Å²) in [5.41, 5.74) is 1.17. The van der Waals surface area contributed by atoms with E-state index in [1.54, 1.807) is 11.9 Å². The Kier molecular flexibility index (Phi) is 7.60. The predicted octanol–water partition coefficient (Wildman–Crippen LogP) is 1.45. The Morgan fingerprint density at radius 2 is 1.50 bits per heavy atom. The zero-order valence-corrected chi connectivity index (χ0v) is 14.1. The van der Waals surface area contributed by atoms with E-state index < -0.39 is 0 Å². The minimum atomic E-state index is -0.0427. The quantitative estimate of drug-likeness (QED) is 0.730.